The SMILES string of the molecule is O=C1CCN(Cc2nc(-c3ccc(F)cc3)no2)CCN1. The van der Waals surface area contributed by atoms with Gasteiger partial charge in [0.05, 0.1) is 6.54 Å². The summed E-state index contributed by atoms with van der Waals surface area (Å²) in [5.41, 5.74) is 0.708. The first-order chi connectivity index (χ1) is 10.2. The van der Waals surface area contributed by atoms with E-state index in [1.807, 2.05) is 0 Å². The molecule has 6 nitrogen and oxygen atoms in total. The number of halogens is 1. The van der Waals surface area contributed by atoms with Gasteiger partial charge in [-0.25, -0.2) is 4.39 Å². The second-order valence-electron chi connectivity index (χ2n) is 4.89. The Balaban J connectivity index is 1.67. The van der Waals surface area contributed by atoms with Crippen LogP contribution in [0, 0.1) is 5.82 Å². The van der Waals surface area contributed by atoms with Crippen molar-refractivity contribution in [3.63, 3.8) is 0 Å². The average Bonchev–Trinajstić information content (AvgIpc) is 2.84. The van der Waals surface area contributed by atoms with E-state index in [0.717, 1.165) is 6.54 Å². The number of nitrogens with zero attached hydrogens (tertiary/aromatic N) is 3. The summed E-state index contributed by atoms with van der Waals surface area (Å²) in [7, 11) is 0. The molecule has 0 saturated carbocycles. The minimum Gasteiger partial charge on any atom is -0.355 e. The van der Waals surface area contributed by atoms with Gasteiger partial charge in [-0.1, -0.05) is 5.16 Å². The monoisotopic (exact) mass is 290 g/mol. The summed E-state index contributed by atoms with van der Waals surface area (Å²) in [6.45, 7) is 2.54. The van der Waals surface area contributed by atoms with Crippen LogP contribution in [0.2, 0.25) is 0 Å². The van der Waals surface area contributed by atoms with Crippen molar-refractivity contribution in [3.8, 4) is 11.4 Å². The van der Waals surface area contributed by atoms with Crippen LogP contribution in [0.1, 0.15) is 12.3 Å². The Bertz CT molecular complexity index is 626. The van der Waals surface area contributed by atoms with Gasteiger partial charge in [-0.2, -0.15) is 4.98 Å². The molecule has 1 fully saturated rings. The molecule has 1 amide bonds. The zero-order valence-electron chi connectivity index (χ0n) is 11.4. The second-order valence-corrected chi connectivity index (χ2v) is 4.89. The molecule has 2 aromatic rings. The van der Waals surface area contributed by atoms with Crippen LogP contribution in [0.4, 0.5) is 4.39 Å². The average molecular weight is 290 g/mol. The number of hydrogen-bond acceptors (Lipinski definition) is 5. The van der Waals surface area contributed by atoms with Crippen molar-refractivity contribution >= 4 is 5.91 Å². The van der Waals surface area contributed by atoms with Crippen molar-refractivity contribution in [3.05, 3.63) is 36.0 Å². The maximum atomic E-state index is 12.9. The summed E-state index contributed by atoms with van der Waals surface area (Å²) in [5.74, 6) is 0.692. The lowest BCUT2D eigenvalue weighted by Crippen LogP contribution is -2.28. The number of benzene rings is 1. The largest absolute Gasteiger partial charge is 0.355 e. The van der Waals surface area contributed by atoms with Gasteiger partial charge in [-0.15, -0.1) is 0 Å². The van der Waals surface area contributed by atoms with Gasteiger partial charge in [0.2, 0.25) is 17.6 Å². The van der Waals surface area contributed by atoms with Crippen LogP contribution < -0.4 is 5.32 Å². The highest BCUT2D eigenvalue weighted by atomic mass is 19.1. The first kappa shape index (κ1) is 13.7. The van der Waals surface area contributed by atoms with Crippen LogP contribution >= 0.6 is 0 Å². The van der Waals surface area contributed by atoms with Gasteiger partial charge < -0.3 is 9.84 Å². The molecule has 1 saturated heterocycles. The summed E-state index contributed by atoms with van der Waals surface area (Å²) in [6.07, 6.45) is 0.471. The normalized spacial score (nSPS) is 16.5. The van der Waals surface area contributed by atoms with Crippen molar-refractivity contribution in [2.24, 2.45) is 0 Å². The molecule has 1 aliphatic heterocycles. The number of hydrogen-bond donors (Lipinski definition) is 1. The molecule has 2 heterocycles. The standard InChI is InChI=1S/C14H15FN4O2/c15-11-3-1-10(2-4-11)14-17-13(21-18-14)9-19-7-5-12(20)16-6-8-19/h1-4H,5-9H2,(H,16,20). The third kappa shape index (κ3) is 3.43. The molecule has 1 N–H and O–H groups in total. The van der Waals surface area contributed by atoms with Crippen LogP contribution in [0.5, 0.6) is 0 Å². The molecular formula is C14H15FN4O2. The van der Waals surface area contributed by atoms with Gasteiger partial charge >= 0.3 is 0 Å². The Kier molecular flexibility index (Phi) is 3.92. The lowest BCUT2D eigenvalue weighted by Gasteiger charge is -2.15. The molecule has 110 valence electrons. The lowest BCUT2D eigenvalue weighted by molar-refractivity contribution is -0.120. The van der Waals surface area contributed by atoms with Gasteiger partial charge in [-0.05, 0) is 24.3 Å². The maximum absolute atomic E-state index is 12.9. The van der Waals surface area contributed by atoms with Crippen LogP contribution in [0.15, 0.2) is 28.8 Å². The topological polar surface area (TPSA) is 71.3 Å². The lowest BCUT2D eigenvalue weighted by atomic mass is 10.2. The highest BCUT2D eigenvalue weighted by molar-refractivity contribution is 5.76. The van der Waals surface area contributed by atoms with Gasteiger partial charge in [0.25, 0.3) is 0 Å². The van der Waals surface area contributed by atoms with E-state index in [0.29, 0.717) is 43.3 Å². The highest BCUT2D eigenvalue weighted by Crippen LogP contribution is 2.16. The Morgan fingerprint density at radius 3 is 2.90 bits per heavy atom. The van der Waals surface area contributed by atoms with E-state index in [4.69, 9.17) is 4.52 Å². The predicted molar refractivity (Wildman–Crippen MR) is 72.6 cm³/mol. The number of amides is 1. The summed E-state index contributed by atoms with van der Waals surface area (Å²) >= 11 is 0. The van der Waals surface area contributed by atoms with Crippen molar-refractivity contribution in [1.82, 2.24) is 20.4 Å². The number of carbonyl (C=O) groups is 1. The van der Waals surface area contributed by atoms with E-state index in [1.165, 1.54) is 12.1 Å². The third-order valence-corrected chi connectivity index (χ3v) is 3.33. The third-order valence-electron chi connectivity index (χ3n) is 3.33. The van der Waals surface area contributed by atoms with E-state index in [2.05, 4.69) is 20.4 Å². The van der Waals surface area contributed by atoms with E-state index in [1.54, 1.807) is 12.1 Å². The molecule has 3 rings (SSSR count). The zero-order valence-corrected chi connectivity index (χ0v) is 11.4. The second kappa shape index (κ2) is 6.01. The minimum atomic E-state index is -0.302. The van der Waals surface area contributed by atoms with E-state index in [9.17, 15) is 9.18 Å². The number of rotatable bonds is 3. The molecule has 0 unspecified atom stereocenters. The Labute approximate surface area is 120 Å². The molecule has 1 aromatic carbocycles. The molecule has 0 bridgehead atoms. The van der Waals surface area contributed by atoms with Crippen LogP contribution in [0.25, 0.3) is 11.4 Å². The van der Waals surface area contributed by atoms with Crippen molar-refractivity contribution < 1.29 is 13.7 Å². The van der Waals surface area contributed by atoms with Crippen molar-refractivity contribution in [1.29, 1.82) is 0 Å². The van der Waals surface area contributed by atoms with E-state index >= 15 is 0 Å². The summed E-state index contributed by atoms with van der Waals surface area (Å²) in [5, 5.41) is 6.72. The molecular weight excluding hydrogens is 275 g/mol. The smallest absolute Gasteiger partial charge is 0.241 e. The van der Waals surface area contributed by atoms with Gasteiger partial charge in [0, 0.05) is 31.6 Å². The predicted octanol–water partition coefficient (Wildman–Crippen LogP) is 1.20. The fourth-order valence-corrected chi connectivity index (χ4v) is 2.20. The van der Waals surface area contributed by atoms with Gasteiger partial charge in [0.1, 0.15) is 5.82 Å². The number of nitrogens with one attached hydrogen (secondary N) is 1. The fourth-order valence-electron chi connectivity index (χ4n) is 2.20. The Hall–Kier alpha value is -2.28. The van der Waals surface area contributed by atoms with Gasteiger partial charge in [0.15, 0.2) is 0 Å². The molecule has 7 heteroatoms. The highest BCUT2D eigenvalue weighted by Gasteiger charge is 2.17. The van der Waals surface area contributed by atoms with Gasteiger partial charge in [-0.3, -0.25) is 9.69 Å². The molecule has 0 atom stereocenters. The summed E-state index contributed by atoms with van der Waals surface area (Å²) in [6, 6.07) is 5.94. The number of aromatic nitrogens is 2. The van der Waals surface area contributed by atoms with Crippen molar-refractivity contribution in [2.75, 3.05) is 19.6 Å². The first-order valence-electron chi connectivity index (χ1n) is 6.78. The summed E-state index contributed by atoms with van der Waals surface area (Å²) in [4.78, 5) is 17.7. The van der Waals surface area contributed by atoms with Crippen LogP contribution in [-0.2, 0) is 11.3 Å². The fraction of sp³-hybridized carbons (Fsp3) is 0.357. The minimum absolute atomic E-state index is 0.0648. The quantitative estimate of drug-likeness (QED) is 0.919. The van der Waals surface area contributed by atoms with Crippen molar-refractivity contribution in [2.45, 2.75) is 13.0 Å². The number of carbonyl (C=O) groups excluding carboxylic acids is 1. The summed E-state index contributed by atoms with van der Waals surface area (Å²) < 4.78 is 18.1. The Morgan fingerprint density at radius 1 is 1.29 bits per heavy atom. The molecule has 1 aliphatic rings. The van der Waals surface area contributed by atoms with E-state index < -0.39 is 0 Å². The molecule has 0 aliphatic carbocycles. The van der Waals surface area contributed by atoms with Crippen LogP contribution in [-0.4, -0.2) is 40.6 Å². The van der Waals surface area contributed by atoms with E-state index in [-0.39, 0.29) is 11.7 Å². The molecule has 0 spiro atoms. The maximum Gasteiger partial charge on any atom is 0.241 e. The molecule has 0 radical (unpaired) electrons. The molecule has 1 aromatic heterocycles. The Morgan fingerprint density at radius 2 is 2.10 bits per heavy atom. The first-order valence-corrected chi connectivity index (χ1v) is 6.78. The van der Waals surface area contributed by atoms with Crippen LogP contribution in [0.3, 0.4) is 0 Å². The molecule has 21 heavy (non-hydrogen) atoms. The zero-order chi connectivity index (χ0) is 14.7.